The van der Waals surface area contributed by atoms with E-state index in [0.29, 0.717) is 10.3 Å². The standard InChI is InChI=1S/C14H27F3N4O4S2/c1-13(2,3)26(22,23)10-7-19-12(18-4)20-11-5-8-21(9-6-11)27(24,25)14(15,16)17/h11H,5-10H2,1-4H3,(H2,18,19,20). The van der Waals surface area contributed by atoms with Crippen LogP contribution in [0.25, 0.3) is 0 Å². The molecule has 160 valence electrons. The third-order valence-electron chi connectivity index (χ3n) is 4.25. The van der Waals surface area contributed by atoms with Gasteiger partial charge in [0, 0.05) is 32.7 Å². The molecule has 0 aliphatic carbocycles. The van der Waals surface area contributed by atoms with Crippen molar-refractivity contribution in [3.05, 3.63) is 0 Å². The van der Waals surface area contributed by atoms with Gasteiger partial charge >= 0.3 is 15.5 Å². The van der Waals surface area contributed by atoms with Crippen molar-refractivity contribution < 1.29 is 30.0 Å². The number of guanidine groups is 1. The highest BCUT2D eigenvalue weighted by molar-refractivity contribution is 7.92. The number of sulfone groups is 1. The molecule has 1 fully saturated rings. The van der Waals surface area contributed by atoms with Crippen molar-refractivity contribution in [1.29, 1.82) is 0 Å². The summed E-state index contributed by atoms with van der Waals surface area (Å²) in [5.41, 5.74) is -5.30. The molecule has 0 radical (unpaired) electrons. The first-order chi connectivity index (χ1) is 12.1. The highest BCUT2D eigenvalue weighted by Gasteiger charge is 2.50. The van der Waals surface area contributed by atoms with Gasteiger partial charge in [-0.3, -0.25) is 4.99 Å². The van der Waals surface area contributed by atoms with E-state index >= 15 is 0 Å². The lowest BCUT2D eigenvalue weighted by Crippen LogP contribution is -2.52. The summed E-state index contributed by atoms with van der Waals surface area (Å²) in [7, 11) is -7.12. The number of nitrogens with zero attached hydrogens (tertiary/aromatic N) is 2. The minimum atomic E-state index is -5.31. The summed E-state index contributed by atoms with van der Waals surface area (Å²) in [6, 6.07) is -0.268. The van der Waals surface area contributed by atoms with Crippen LogP contribution >= 0.6 is 0 Å². The number of halogens is 3. The van der Waals surface area contributed by atoms with Crippen LogP contribution in [0, 0.1) is 0 Å². The molecule has 8 nitrogen and oxygen atoms in total. The Kier molecular flexibility index (Phi) is 7.56. The molecular weight excluding hydrogens is 409 g/mol. The Balaban J connectivity index is 2.53. The second kappa shape index (κ2) is 8.52. The fourth-order valence-electron chi connectivity index (χ4n) is 2.38. The minimum absolute atomic E-state index is 0.0977. The van der Waals surface area contributed by atoms with Crippen LogP contribution in [0.3, 0.4) is 0 Å². The fourth-order valence-corrected chi connectivity index (χ4v) is 4.35. The molecule has 0 spiro atoms. The summed E-state index contributed by atoms with van der Waals surface area (Å²) in [6.45, 7) is 4.44. The van der Waals surface area contributed by atoms with Crippen molar-refractivity contribution in [3.63, 3.8) is 0 Å². The van der Waals surface area contributed by atoms with Gasteiger partial charge in [0.15, 0.2) is 15.8 Å². The quantitative estimate of drug-likeness (QED) is 0.485. The van der Waals surface area contributed by atoms with Gasteiger partial charge in [0.1, 0.15) is 0 Å². The predicted octanol–water partition coefficient (Wildman–Crippen LogP) is 0.679. The molecule has 2 N–H and O–H groups in total. The summed E-state index contributed by atoms with van der Waals surface area (Å²) < 4.78 is 84.2. The van der Waals surface area contributed by atoms with E-state index in [-0.39, 0.29) is 44.3 Å². The molecule has 0 aromatic heterocycles. The molecule has 13 heteroatoms. The molecule has 0 saturated carbocycles. The smallest absolute Gasteiger partial charge is 0.355 e. The van der Waals surface area contributed by atoms with Crippen LogP contribution in [-0.4, -0.2) is 75.8 Å². The number of hydrogen-bond acceptors (Lipinski definition) is 5. The molecule has 0 aromatic carbocycles. The van der Waals surface area contributed by atoms with Gasteiger partial charge in [-0.25, -0.2) is 16.8 Å². The second-order valence-electron chi connectivity index (χ2n) is 7.20. The zero-order valence-corrected chi connectivity index (χ0v) is 17.4. The predicted molar refractivity (Wildman–Crippen MR) is 97.6 cm³/mol. The highest BCUT2D eigenvalue weighted by atomic mass is 32.2. The number of aliphatic imine (C=N–C) groups is 1. The SMILES string of the molecule is CN=C(NCCS(=O)(=O)C(C)(C)C)NC1CCN(S(=O)(=O)C(F)(F)F)CC1. The van der Waals surface area contributed by atoms with Crippen LogP contribution in [0.2, 0.25) is 0 Å². The van der Waals surface area contributed by atoms with E-state index in [2.05, 4.69) is 15.6 Å². The van der Waals surface area contributed by atoms with E-state index < -0.39 is 30.1 Å². The average Bonchev–Trinajstić information content (AvgIpc) is 2.52. The third-order valence-corrected chi connectivity index (χ3v) is 8.48. The molecule has 0 amide bonds. The maximum absolute atomic E-state index is 12.6. The molecule has 27 heavy (non-hydrogen) atoms. The van der Waals surface area contributed by atoms with Crippen molar-refractivity contribution in [2.75, 3.05) is 32.4 Å². The van der Waals surface area contributed by atoms with Crippen molar-refractivity contribution in [1.82, 2.24) is 14.9 Å². The molecule has 0 bridgehead atoms. The van der Waals surface area contributed by atoms with Gasteiger partial charge in [0.25, 0.3) is 0 Å². The Bertz CT molecular complexity index is 735. The van der Waals surface area contributed by atoms with E-state index in [1.165, 1.54) is 7.05 Å². The molecule has 1 heterocycles. The Morgan fingerprint density at radius 3 is 2.04 bits per heavy atom. The summed E-state index contributed by atoms with van der Waals surface area (Å²) in [5, 5.41) is 5.84. The second-order valence-corrected chi connectivity index (χ2v) is 12.0. The first-order valence-electron chi connectivity index (χ1n) is 8.38. The van der Waals surface area contributed by atoms with Crippen molar-refractivity contribution >= 4 is 25.8 Å². The van der Waals surface area contributed by atoms with Gasteiger partial charge in [-0.15, -0.1) is 0 Å². The molecule has 0 unspecified atom stereocenters. The van der Waals surface area contributed by atoms with E-state index in [1.54, 1.807) is 20.8 Å². The van der Waals surface area contributed by atoms with Crippen LogP contribution in [-0.2, 0) is 19.9 Å². The minimum Gasteiger partial charge on any atom is -0.355 e. The lowest BCUT2D eigenvalue weighted by molar-refractivity contribution is -0.0494. The van der Waals surface area contributed by atoms with Gasteiger partial charge < -0.3 is 10.6 Å². The molecule has 1 saturated heterocycles. The highest BCUT2D eigenvalue weighted by Crippen LogP contribution is 2.28. The van der Waals surface area contributed by atoms with Gasteiger partial charge in [-0.05, 0) is 33.6 Å². The van der Waals surface area contributed by atoms with Crippen LogP contribution < -0.4 is 10.6 Å². The Morgan fingerprint density at radius 2 is 1.63 bits per heavy atom. The molecule has 0 atom stereocenters. The zero-order chi connectivity index (χ0) is 21.1. The van der Waals surface area contributed by atoms with Crippen LogP contribution in [0.15, 0.2) is 4.99 Å². The van der Waals surface area contributed by atoms with Crippen LogP contribution in [0.4, 0.5) is 13.2 Å². The monoisotopic (exact) mass is 436 g/mol. The number of hydrogen-bond donors (Lipinski definition) is 2. The normalized spacial score (nSPS) is 19.1. The number of piperidine rings is 1. The Hall–Kier alpha value is -1.08. The van der Waals surface area contributed by atoms with E-state index in [1.807, 2.05) is 0 Å². The summed E-state index contributed by atoms with van der Waals surface area (Å²) >= 11 is 0. The van der Waals surface area contributed by atoms with E-state index in [0.717, 1.165) is 0 Å². The van der Waals surface area contributed by atoms with Crippen molar-refractivity contribution in [2.24, 2.45) is 4.99 Å². The van der Waals surface area contributed by atoms with Gasteiger partial charge in [0.2, 0.25) is 0 Å². The lowest BCUT2D eigenvalue weighted by Gasteiger charge is -2.32. The third kappa shape index (κ3) is 6.21. The Morgan fingerprint density at radius 1 is 1.11 bits per heavy atom. The number of alkyl halides is 3. The van der Waals surface area contributed by atoms with Gasteiger partial charge in [0.05, 0.1) is 10.5 Å². The van der Waals surface area contributed by atoms with E-state index in [9.17, 15) is 30.0 Å². The number of nitrogens with one attached hydrogen (secondary N) is 2. The Labute approximate surface area is 158 Å². The summed E-state index contributed by atoms with van der Waals surface area (Å²) in [5.74, 6) is 0.218. The first kappa shape index (κ1) is 24.0. The van der Waals surface area contributed by atoms with E-state index in [4.69, 9.17) is 0 Å². The van der Waals surface area contributed by atoms with Crippen molar-refractivity contribution in [3.8, 4) is 0 Å². The van der Waals surface area contributed by atoms with Crippen molar-refractivity contribution in [2.45, 2.75) is 49.9 Å². The topological polar surface area (TPSA) is 108 Å². The van der Waals surface area contributed by atoms with Crippen LogP contribution in [0.1, 0.15) is 33.6 Å². The molecule has 1 rings (SSSR count). The average molecular weight is 437 g/mol. The zero-order valence-electron chi connectivity index (χ0n) is 15.8. The van der Waals surface area contributed by atoms with Gasteiger partial charge in [-0.2, -0.15) is 17.5 Å². The lowest BCUT2D eigenvalue weighted by atomic mass is 10.1. The summed E-state index contributed by atoms with van der Waals surface area (Å²) in [6.07, 6.45) is 0.354. The largest absolute Gasteiger partial charge is 0.511 e. The molecule has 0 aromatic rings. The fraction of sp³-hybridized carbons (Fsp3) is 0.929. The number of rotatable bonds is 5. The maximum atomic E-state index is 12.6. The molecular formula is C14H27F3N4O4S2. The maximum Gasteiger partial charge on any atom is 0.511 e. The molecule has 1 aliphatic heterocycles. The van der Waals surface area contributed by atoms with Crippen LogP contribution in [0.5, 0.6) is 0 Å². The number of sulfonamides is 1. The molecule has 1 aliphatic rings. The van der Waals surface area contributed by atoms with Gasteiger partial charge in [-0.1, -0.05) is 0 Å². The first-order valence-corrected chi connectivity index (χ1v) is 11.5. The summed E-state index contributed by atoms with van der Waals surface area (Å²) in [4.78, 5) is 3.96.